The third-order valence-electron chi connectivity index (χ3n) is 3.09. The van der Waals surface area contributed by atoms with Gasteiger partial charge in [0.1, 0.15) is 12.4 Å². The van der Waals surface area contributed by atoms with Gasteiger partial charge in [-0.3, -0.25) is 9.88 Å². The Morgan fingerprint density at radius 3 is 2.83 bits per heavy atom. The molecule has 0 radical (unpaired) electrons. The minimum atomic E-state index is -0.982. The molecular formula is C13H18N2O3. The van der Waals surface area contributed by atoms with Crippen LogP contribution < -0.4 is 4.74 Å². The van der Waals surface area contributed by atoms with Crippen LogP contribution in [0.1, 0.15) is 29.6 Å². The van der Waals surface area contributed by atoms with Crippen LogP contribution in [0.4, 0.5) is 0 Å². The summed E-state index contributed by atoms with van der Waals surface area (Å²) in [6.45, 7) is 3.73. The first-order chi connectivity index (χ1) is 8.75. The minimum absolute atomic E-state index is 0.158. The first kappa shape index (κ1) is 12.8. The Labute approximate surface area is 106 Å². The van der Waals surface area contributed by atoms with Gasteiger partial charge in [0.2, 0.25) is 0 Å². The lowest BCUT2D eigenvalue weighted by atomic mass is 10.1. The highest BCUT2D eigenvalue weighted by Gasteiger charge is 2.10. The van der Waals surface area contributed by atoms with Crippen molar-refractivity contribution >= 4 is 5.97 Å². The molecule has 1 aromatic rings. The molecule has 0 saturated carbocycles. The van der Waals surface area contributed by atoms with Gasteiger partial charge in [0.05, 0.1) is 11.8 Å². The summed E-state index contributed by atoms with van der Waals surface area (Å²) in [4.78, 5) is 17.0. The third-order valence-corrected chi connectivity index (χ3v) is 3.09. The van der Waals surface area contributed by atoms with Gasteiger partial charge in [-0.15, -0.1) is 0 Å². The molecule has 18 heavy (non-hydrogen) atoms. The van der Waals surface area contributed by atoms with E-state index >= 15 is 0 Å². The van der Waals surface area contributed by atoms with E-state index in [0.717, 1.165) is 19.6 Å². The van der Waals surface area contributed by atoms with Gasteiger partial charge >= 0.3 is 5.97 Å². The second-order valence-electron chi connectivity index (χ2n) is 4.47. The van der Waals surface area contributed by atoms with Gasteiger partial charge in [-0.25, -0.2) is 4.79 Å². The van der Waals surface area contributed by atoms with Gasteiger partial charge in [-0.1, -0.05) is 6.42 Å². The maximum atomic E-state index is 10.8. The topological polar surface area (TPSA) is 62.7 Å². The van der Waals surface area contributed by atoms with Crippen molar-refractivity contribution in [2.75, 3.05) is 26.2 Å². The summed E-state index contributed by atoms with van der Waals surface area (Å²) in [6, 6.07) is 1.51. The number of ether oxygens (including phenoxy) is 1. The van der Waals surface area contributed by atoms with Crippen LogP contribution in [0.3, 0.4) is 0 Å². The van der Waals surface area contributed by atoms with Crippen molar-refractivity contribution in [3.8, 4) is 5.75 Å². The van der Waals surface area contributed by atoms with E-state index in [1.165, 1.54) is 31.5 Å². The number of carbonyl (C=O) groups is 1. The zero-order valence-corrected chi connectivity index (χ0v) is 10.3. The number of nitrogens with zero attached hydrogens (tertiary/aromatic N) is 2. The van der Waals surface area contributed by atoms with Crippen molar-refractivity contribution < 1.29 is 14.6 Å². The lowest BCUT2D eigenvalue weighted by Crippen LogP contribution is -2.33. The Hall–Kier alpha value is -1.62. The number of piperidine rings is 1. The fourth-order valence-electron chi connectivity index (χ4n) is 2.09. The molecule has 1 aliphatic rings. The third kappa shape index (κ3) is 3.70. The Kier molecular flexibility index (Phi) is 4.52. The molecule has 0 unspecified atom stereocenters. The second kappa shape index (κ2) is 6.35. The van der Waals surface area contributed by atoms with E-state index in [4.69, 9.17) is 9.84 Å². The van der Waals surface area contributed by atoms with E-state index in [1.54, 1.807) is 6.20 Å². The van der Waals surface area contributed by atoms with Gasteiger partial charge in [0, 0.05) is 12.7 Å². The molecule has 0 bridgehead atoms. The number of pyridine rings is 1. The van der Waals surface area contributed by atoms with E-state index in [-0.39, 0.29) is 5.56 Å². The lowest BCUT2D eigenvalue weighted by Gasteiger charge is -2.26. The van der Waals surface area contributed by atoms with Crippen LogP contribution in [-0.4, -0.2) is 47.2 Å². The van der Waals surface area contributed by atoms with Crippen molar-refractivity contribution in [2.24, 2.45) is 0 Å². The number of likely N-dealkylation sites (tertiary alicyclic amines) is 1. The second-order valence-corrected chi connectivity index (χ2v) is 4.47. The smallest absolute Gasteiger partial charge is 0.337 e. The number of hydrogen-bond donors (Lipinski definition) is 1. The maximum Gasteiger partial charge on any atom is 0.337 e. The average Bonchev–Trinajstić information content (AvgIpc) is 2.40. The van der Waals surface area contributed by atoms with E-state index in [0.29, 0.717) is 12.4 Å². The fourth-order valence-corrected chi connectivity index (χ4v) is 2.09. The SMILES string of the molecule is O=C(O)c1cncc(OCCN2CCCCC2)c1. The molecule has 5 nitrogen and oxygen atoms in total. The predicted molar refractivity (Wildman–Crippen MR) is 67.0 cm³/mol. The van der Waals surface area contributed by atoms with Crippen LogP contribution in [0.25, 0.3) is 0 Å². The van der Waals surface area contributed by atoms with E-state index in [2.05, 4.69) is 9.88 Å². The summed E-state index contributed by atoms with van der Waals surface area (Å²) in [5.41, 5.74) is 0.158. The molecule has 5 heteroatoms. The van der Waals surface area contributed by atoms with Crippen LogP contribution in [0.5, 0.6) is 5.75 Å². The molecule has 1 saturated heterocycles. The Balaban J connectivity index is 1.78. The number of hydrogen-bond acceptors (Lipinski definition) is 4. The summed E-state index contributed by atoms with van der Waals surface area (Å²) < 4.78 is 5.53. The van der Waals surface area contributed by atoms with Gasteiger partial charge in [-0.05, 0) is 32.0 Å². The highest BCUT2D eigenvalue weighted by atomic mass is 16.5. The van der Waals surface area contributed by atoms with E-state index < -0.39 is 5.97 Å². The van der Waals surface area contributed by atoms with Gasteiger partial charge in [0.15, 0.2) is 0 Å². The largest absolute Gasteiger partial charge is 0.491 e. The van der Waals surface area contributed by atoms with Gasteiger partial charge in [-0.2, -0.15) is 0 Å². The molecule has 1 fully saturated rings. The van der Waals surface area contributed by atoms with Crippen LogP contribution in [-0.2, 0) is 0 Å². The van der Waals surface area contributed by atoms with Crippen LogP contribution in [0.2, 0.25) is 0 Å². The standard InChI is InChI=1S/C13H18N2O3/c16-13(17)11-8-12(10-14-9-11)18-7-6-15-4-2-1-3-5-15/h8-10H,1-7H2,(H,16,17). The Morgan fingerprint density at radius 1 is 1.33 bits per heavy atom. The first-order valence-electron chi connectivity index (χ1n) is 6.29. The Bertz CT molecular complexity index is 403. The quantitative estimate of drug-likeness (QED) is 0.860. The zero-order valence-electron chi connectivity index (χ0n) is 10.3. The summed E-state index contributed by atoms with van der Waals surface area (Å²) >= 11 is 0. The first-order valence-corrected chi connectivity index (χ1v) is 6.29. The summed E-state index contributed by atoms with van der Waals surface area (Å²) in [5, 5.41) is 8.83. The summed E-state index contributed by atoms with van der Waals surface area (Å²) in [6.07, 6.45) is 6.70. The Morgan fingerprint density at radius 2 is 2.11 bits per heavy atom. The molecule has 0 atom stereocenters. The molecule has 0 spiro atoms. The van der Waals surface area contributed by atoms with Crippen molar-refractivity contribution in [1.29, 1.82) is 0 Å². The normalized spacial score (nSPS) is 16.4. The summed E-state index contributed by atoms with van der Waals surface area (Å²) in [7, 11) is 0. The van der Waals surface area contributed by atoms with Crippen molar-refractivity contribution in [3.05, 3.63) is 24.0 Å². The molecule has 2 heterocycles. The van der Waals surface area contributed by atoms with Crippen LogP contribution >= 0.6 is 0 Å². The average molecular weight is 250 g/mol. The molecular weight excluding hydrogens is 232 g/mol. The molecule has 1 aliphatic heterocycles. The minimum Gasteiger partial charge on any atom is -0.491 e. The predicted octanol–water partition coefficient (Wildman–Crippen LogP) is 1.64. The molecule has 1 aromatic heterocycles. The molecule has 98 valence electrons. The number of aromatic nitrogens is 1. The van der Waals surface area contributed by atoms with Crippen molar-refractivity contribution in [2.45, 2.75) is 19.3 Å². The monoisotopic (exact) mass is 250 g/mol. The molecule has 0 amide bonds. The lowest BCUT2D eigenvalue weighted by molar-refractivity contribution is 0.0695. The van der Waals surface area contributed by atoms with E-state index in [1.807, 2.05) is 0 Å². The highest BCUT2D eigenvalue weighted by Crippen LogP contribution is 2.12. The fraction of sp³-hybridized carbons (Fsp3) is 0.538. The van der Waals surface area contributed by atoms with Gasteiger partial charge < -0.3 is 9.84 Å². The summed E-state index contributed by atoms with van der Waals surface area (Å²) in [5.74, 6) is -0.462. The number of rotatable bonds is 5. The highest BCUT2D eigenvalue weighted by molar-refractivity contribution is 5.87. The molecule has 0 aliphatic carbocycles. The zero-order chi connectivity index (χ0) is 12.8. The molecule has 1 N–H and O–H groups in total. The van der Waals surface area contributed by atoms with E-state index in [9.17, 15) is 4.79 Å². The molecule has 0 aromatic carbocycles. The number of carboxylic acids is 1. The van der Waals surface area contributed by atoms with Crippen molar-refractivity contribution in [3.63, 3.8) is 0 Å². The van der Waals surface area contributed by atoms with Crippen molar-refractivity contribution in [1.82, 2.24) is 9.88 Å². The van der Waals surface area contributed by atoms with Crippen LogP contribution in [0.15, 0.2) is 18.5 Å². The van der Waals surface area contributed by atoms with Gasteiger partial charge in [0.25, 0.3) is 0 Å². The number of carboxylic acid groups (broad SMARTS) is 1. The molecule has 2 rings (SSSR count). The van der Waals surface area contributed by atoms with Crippen LogP contribution in [0, 0.1) is 0 Å². The maximum absolute atomic E-state index is 10.8. The number of aromatic carboxylic acids is 1.